The van der Waals surface area contributed by atoms with Crippen molar-refractivity contribution in [2.45, 2.75) is 76.3 Å². The lowest BCUT2D eigenvalue weighted by atomic mass is 9.83. The molecule has 1 aromatic heterocycles. The number of H-pyrrole nitrogens is 1. The molecule has 4 atom stereocenters. The van der Waals surface area contributed by atoms with E-state index in [-0.39, 0.29) is 6.10 Å². The van der Waals surface area contributed by atoms with E-state index in [0.29, 0.717) is 6.42 Å². The Morgan fingerprint density at radius 2 is 2.13 bits per heavy atom. The largest absolute Gasteiger partial charge is 0.390 e. The average Bonchev–Trinajstić information content (AvgIpc) is 3.18. The van der Waals surface area contributed by atoms with Crippen LogP contribution in [0.4, 0.5) is 0 Å². The SMILES string of the molecule is CCC1=CC=C(Cc2[nH]nc3cc4c(cc23)[C@@]2(CC4)CC(O)[C@H](O)C(C)O2)CC=C1. The molecule has 1 fully saturated rings. The highest BCUT2D eigenvalue weighted by molar-refractivity contribution is 5.84. The number of aliphatic hydroxyl groups is 2. The number of ether oxygens (including phenoxy) is 1. The van der Waals surface area contributed by atoms with Crippen molar-refractivity contribution in [3.05, 3.63) is 64.4 Å². The minimum absolute atomic E-state index is 0.387. The zero-order valence-electron chi connectivity index (χ0n) is 17.7. The molecule has 5 heteroatoms. The highest BCUT2D eigenvalue weighted by atomic mass is 16.5. The number of nitrogens with one attached hydrogen (secondary N) is 1. The second-order valence-corrected chi connectivity index (χ2v) is 9.01. The van der Waals surface area contributed by atoms with Crippen LogP contribution in [0.5, 0.6) is 0 Å². The van der Waals surface area contributed by atoms with Gasteiger partial charge in [0.2, 0.25) is 0 Å². The number of allylic oxidation sites excluding steroid dienone is 6. The van der Waals surface area contributed by atoms with Crippen LogP contribution in [0.3, 0.4) is 0 Å². The summed E-state index contributed by atoms with van der Waals surface area (Å²) in [5.74, 6) is 0. The van der Waals surface area contributed by atoms with Gasteiger partial charge in [-0.25, -0.2) is 0 Å². The van der Waals surface area contributed by atoms with Gasteiger partial charge in [-0.2, -0.15) is 5.10 Å². The van der Waals surface area contributed by atoms with Crippen LogP contribution in [0.1, 0.15) is 56.4 Å². The Balaban J connectivity index is 1.50. The molecule has 5 rings (SSSR count). The van der Waals surface area contributed by atoms with Gasteiger partial charge in [0, 0.05) is 23.9 Å². The topological polar surface area (TPSA) is 78.4 Å². The summed E-state index contributed by atoms with van der Waals surface area (Å²) in [7, 11) is 0. The molecule has 0 bridgehead atoms. The van der Waals surface area contributed by atoms with Gasteiger partial charge in [-0.3, -0.25) is 5.10 Å². The summed E-state index contributed by atoms with van der Waals surface area (Å²) in [5, 5.41) is 29.6. The molecule has 1 aliphatic heterocycles. The molecule has 0 radical (unpaired) electrons. The number of aliphatic hydroxyl groups excluding tert-OH is 2. The lowest BCUT2D eigenvalue weighted by Gasteiger charge is -2.43. The van der Waals surface area contributed by atoms with Crippen LogP contribution in [0.25, 0.3) is 10.9 Å². The molecule has 158 valence electrons. The molecule has 0 amide bonds. The summed E-state index contributed by atoms with van der Waals surface area (Å²) < 4.78 is 6.33. The molecule has 2 aromatic rings. The summed E-state index contributed by atoms with van der Waals surface area (Å²) in [6.07, 6.45) is 11.9. The van der Waals surface area contributed by atoms with E-state index in [2.05, 4.69) is 53.6 Å². The zero-order chi connectivity index (χ0) is 20.9. The van der Waals surface area contributed by atoms with Crippen molar-refractivity contribution in [2.75, 3.05) is 0 Å². The molecule has 0 saturated carbocycles. The number of hydrogen-bond donors (Lipinski definition) is 3. The molecular formula is C25H30N2O3. The molecule has 2 heterocycles. The van der Waals surface area contributed by atoms with Gasteiger partial charge in [0.1, 0.15) is 6.10 Å². The normalized spacial score (nSPS) is 31.0. The van der Waals surface area contributed by atoms with Crippen LogP contribution < -0.4 is 0 Å². The first kappa shape index (κ1) is 19.7. The number of aromatic amines is 1. The first-order chi connectivity index (χ1) is 14.5. The Morgan fingerprint density at radius 1 is 1.27 bits per heavy atom. The standard InChI is InChI=1S/C25H30N2O3/c1-3-16-5-4-6-17(8-7-16)11-21-19-13-20-18(12-22(19)27-26-21)9-10-25(20)14-23(28)24(29)15(2)30-25/h4-5,7-8,12-13,15,23-24,28-29H,3,6,9-11,14H2,1-2H3,(H,26,27)/t15?,23?,24-,25-/m1/s1. The lowest BCUT2D eigenvalue weighted by molar-refractivity contribution is -0.213. The quantitative estimate of drug-likeness (QED) is 0.720. The molecule has 2 unspecified atom stereocenters. The van der Waals surface area contributed by atoms with E-state index in [1.807, 2.05) is 6.92 Å². The molecular weight excluding hydrogens is 376 g/mol. The van der Waals surface area contributed by atoms with Crippen LogP contribution in [-0.4, -0.2) is 38.7 Å². The molecule has 3 N–H and O–H groups in total. The van der Waals surface area contributed by atoms with Gasteiger partial charge in [0.25, 0.3) is 0 Å². The van der Waals surface area contributed by atoms with Crippen LogP contribution in [-0.2, 0) is 23.2 Å². The third-order valence-electron chi connectivity index (χ3n) is 7.03. The van der Waals surface area contributed by atoms with E-state index in [1.54, 1.807) is 0 Å². The summed E-state index contributed by atoms with van der Waals surface area (Å²) >= 11 is 0. The fourth-order valence-electron chi connectivity index (χ4n) is 5.27. The number of fused-ring (bicyclic) bond motifs is 3. The Kier molecular flexibility index (Phi) is 4.92. The fraction of sp³-hybridized carbons (Fsp3) is 0.480. The summed E-state index contributed by atoms with van der Waals surface area (Å²) in [6.45, 7) is 4.02. The molecule has 30 heavy (non-hydrogen) atoms. The lowest BCUT2D eigenvalue weighted by Crippen LogP contribution is -2.51. The van der Waals surface area contributed by atoms with Crippen LogP contribution in [0.15, 0.2) is 47.6 Å². The van der Waals surface area contributed by atoms with Gasteiger partial charge in [-0.1, -0.05) is 36.8 Å². The van der Waals surface area contributed by atoms with Crippen molar-refractivity contribution in [3.8, 4) is 0 Å². The summed E-state index contributed by atoms with van der Waals surface area (Å²) in [4.78, 5) is 0. The van der Waals surface area contributed by atoms with E-state index in [0.717, 1.165) is 54.3 Å². The van der Waals surface area contributed by atoms with Gasteiger partial charge >= 0.3 is 0 Å². The molecule has 3 aliphatic rings. The second kappa shape index (κ2) is 7.49. The fourth-order valence-corrected chi connectivity index (χ4v) is 5.27. The number of hydrogen-bond acceptors (Lipinski definition) is 4. The third kappa shape index (κ3) is 3.25. The maximum absolute atomic E-state index is 10.4. The number of rotatable bonds is 3. The number of nitrogens with zero attached hydrogens (tertiary/aromatic N) is 1. The minimum Gasteiger partial charge on any atom is -0.390 e. The highest BCUT2D eigenvalue weighted by Gasteiger charge is 2.49. The summed E-state index contributed by atoms with van der Waals surface area (Å²) in [6, 6.07) is 4.38. The maximum atomic E-state index is 10.4. The Bertz CT molecular complexity index is 1050. The van der Waals surface area contributed by atoms with E-state index in [9.17, 15) is 10.2 Å². The highest BCUT2D eigenvalue weighted by Crippen LogP contribution is 2.48. The molecule has 2 aliphatic carbocycles. The smallest absolute Gasteiger partial charge is 0.106 e. The molecule has 1 spiro atoms. The van der Waals surface area contributed by atoms with Crippen molar-refractivity contribution in [1.29, 1.82) is 0 Å². The first-order valence-electron chi connectivity index (χ1n) is 11.1. The van der Waals surface area contributed by atoms with E-state index in [4.69, 9.17) is 4.74 Å². The second-order valence-electron chi connectivity index (χ2n) is 9.01. The third-order valence-corrected chi connectivity index (χ3v) is 7.03. The van der Waals surface area contributed by atoms with Crippen molar-refractivity contribution < 1.29 is 14.9 Å². The maximum Gasteiger partial charge on any atom is 0.106 e. The van der Waals surface area contributed by atoms with Gasteiger partial charge < -0.3 is 14.9 Å². The average molecular weight is 407 g/mol. The zero-order valence-corrected chi connectivity index (χ0v) is 17.7. The Morgan fingerprint density at radius 3 is 2.93 bits per heavy atom. The monoisotopic (exact) mass is 406 g/mol. The van der Waals surface area contributed by atoms with Gasteiger partial charge in [-0.05, 0) is 61.4 Å². The number of benzene rings is 1. The van der Waals surface area contributed by atoms with Crippen molar-refractivity contribution in [1.82, 2.24) is 10.2 Å². The first-order valence-corrected chi connectivity index (χ1v) is 11.1. The van der Waals surface area contributed by atoms with E-state index >= 15 is 0 Å². The van der Waals surface area contributed by atoms with Crippen molar-refractivity contribution in [3.63, 3.8) is 0 Å². The van der Waals surface area contributed by atoms with E-state index < -0.39 is 17.8 Å². The van der Waals surface area contributed by atoms with Crippen molar-refractivity contribution >= 4 is 10.9 Å². The van der Waals surface area contributed by atoms with E-state index in [1.165, 1.54) is 16.7 Å². The van der Waals surface area contributed by atoms with Crippen LogP contribution in [0, 0.1) is 0 Å². The number of aromatic nitrogens is 2. The molecule has 5 nitrogen and oxygen atoms in total. The van der Waals surface area contributed by atoms with Gasteiger partial charge in [-0.15, -0.1) is 0 Å². The Hall–Kier alpha value is -2.21. The van der Waals surface area contributed by atoms with Gasteiger partial charge in [0.05, 0.1) is 23.3 Å². The van der Waals surface area contributed by atoms with Crippen LogP contribution in [0.2, 0.25) is 0 Å². The van der Waals surface area contributed by atoms with Crippen LogP contribution >= 0.6 is 0 Å². The molecule has 1 saturated heterocycles. The predicted molar refractivity (Wildman–Crippen MR) is 117 cm³/mol. The predicted octanol–water partition coefficient (Wildman–Crippen LogP) is 4.00. The summed E-state index contributed by atoms with van der Waals surface area (Å²) in [5.41, 5.74) is 6.69. The minimum atomic E-state index is -0.829. The van der Waals surface area contributed by atoms with Gasteiger partial charge in [0.15, 0.2) is 0 Å². The Labute approximate surface area is 177 Å². The molecule has 1 aromatic carbocycles. The number of aryl methyl sites for hydroxylation is 1. The van der Waals surface area contributed by atoms with Crippen molar-refractivity contribution in [2.24, 2.45) is 0 Å².